The van der Waals surface area contributed by atoms with Crippen LogP contribution in [-0.4, -0.2) is 4.98 Å². The predicted octanol–water partition coefficient (Wildman–Crippen LogP) is 4.05. The summed E-state index contributed by atoms with van der Waals surface area (Å²) in [5, 5.41) is 9.56. The van der Waals surface area contributed by atoms with Gasteiger partial charge in [0.1, 0.15) is 17.5 Å². The third-order valence-corrected chi connectivity index (χ3v) is 2.69. The molecule has 1 aromatic carbocycles. The second-order valence-corrected chi connectivity index (χ2v) is 3.97. The standard InChI is InChI=1S/C12H6Cl2N2O/c13-10-5-4-9(6-11(10)14)17-12-3-1-2-8(7-15)16-12/h1-6H. The van der Waals surface area contributed by atoms with Crippen molar-refractivity contribution in [3.05, 3.63) is 52.1 Å². The molecule has 0 fully saturated rings. The number of nitriles is 1. The molecule has 0 aliphatic rings. The topological polar surface area (TPSA) is 45.9 Å². The summed E-state index contributed by atoms with van der Waals surface area (Å²) in [5.74, 6) is 0.851. The van der Waals surface area contributed by atoms with E-state index in [2.05, 4.69) is 4.98 Å². The van der Waals surface area contributed by atoms with Crippen LogP contribution in [-0.2, 0) is 0 Å². The molecule has 0 bridgehead atoms. The van der Waals surface area contributed by atoms with Crippen molar-refractivity contribution in [1.29, 1.82) is 5.26 Å². The van der Waals surface area contributed by atoms with Crippen molar-refractivity contribution in [2.75, 3.05) is 0 Å². The highest BCUT2D eigenvalue weighted by atomic mass is 35.5. The lowest BCUT2D eigenvalue weighted by Gasteiger charge is -2.05. The Morgan fingerprint density at radius 3 is 2.65 bits per heavy atom. The first-order valence-electron chi connectivity index (χ1n) is 4.69. The third-order valence-electron chi connectivity index (χ3n) is 1.95. The number of ether oxygens (including phenoxy) is 1. The van der Waals surface area contributed by atoms with E-state index in [4.69, 9.17) is 33.2 Å². The fourth-order valence-electron chi connectivity index (χ4n) is 1.20. The fraction of sp³-hybridized carbons (Fsp3) is 0. The maximum atomic E-state index is 8.70. The average molecular weight is 265 g/mol. The molecule has 17 heavy (non-hydrogen) atoms. The van der Waals surface area contributed by atoms with Crippen LogP contribution in [0.15, 0.2) is 36.4 Å². The Hall–Kier alpha value is -1.76. The second kappa shape index (κ2) is 5.05. The van der Waals surface area contributed by atoms with Gasteiger partial charge in [0, 0.05) is 12.1 Å². The Bertz CT molecular complexity index is 593. The molecule has 0 aliphatic heterocycles. The molecular formula is C12H6Cl2N2O. The Morgan fingerprint density at radius 1 is 1.12 bits per heavy atom. The van der Waals surface area contributed by atoms with Crippen molar-refractivity contribution >= 4 is 23.2 Å². The summed E-state index contributed by atoms with van der Waals surface area (Å²) >= 11 is 11.6. The number of hydrogen-bond acceptors (Lipinski definition) is 3. The monoisotopic (exact) mass is 264 g/mol. The molecule has 2 aromatic rings. The molecule has 0 amide bonds. The van der Waals surface area contributed by atoms with Crippen LogP contribution in [0.4, 0.5) is 0 Å². The van der Waals surface area contributed by atoms with E-state index in [9.17, 15) is 0 Å². The highest BCUT2D eigenvalue weighted by Gasteiger charge is 2.03. The number of benzene rings is 1. The van der Waals surface area contributed by atoms with Crippen molar-refractivity contribution in [2.45, 2.75) is 0 Å². The van der Waals surface area contributed by atoms with E-state index >= 15 is 0 Å². The molecule has 1 heterocycles. The summed E-state index contributed by atoms with van der Waals surface area (Å²) in [5.41, 5.74) is 0.294. The summed E-state index contributed by atoms with van der Waals surface area (Å²) in [7, 11) is 0. The van der Waals surface area contributed by atoms with Crippen LogP contribution in [0.25, 0.3) is 0 Å². The highest BCUT2D eigenvalue weighted by Crippen LogP contribution is 2.28. The summed E-state index contributed by atoms with van der Waals surface area (Å²) in [6.45, 7) is 0. The van der Waals surface area contributed by atoms with Crippen LogP contribution in [0, 0.1) is 11.3 Å². The van der Waals surface area contributed by atoms with Crippen molar-refractivity contribution in [2.24, 2.45) is 0 Å². The van der Waals surface area contributed by atoms with Gasteiger partial charge in [-0.1, -0.05) is 29.3 Å². The van der Waals surface area contributed by atoms with Crippen LogP contribution in [0.5, 0.6) is 11.6 Å². The average Bonchev–Trinajstić information content (AvgIpc) is 2.34. The van der Waals surface area contributed by atoms with Crippen molar-refractivity contribution in [3.8, 4) is 17.7 Å². The van der Waals surface area contributed by atoms with Crippen molar-refractivity contribution in [1.82, 2.24) is 4.98 Å². The first-order valence-corrected chi connectivity index (χ1v) is 5.45. The van der Waals surface area contributed by atoms with Gasteiger partial charge in [-0.3, -0.25) is 0 Å². The highest BCUT2D eigenvalue weighted by molar-refractivity contribution is 6.42. The van der Waals surface area contributed by atoms with Gasteiger partial charge in [0.2, 0.25) is 5.88 Å². The molecular weight excluding hydrogens is 259 g/mol. The number of aromatic nitrogens is 1. The minimum absolute atomic E-state index is 0.294. The number of hydrogen-bond donors (Lipinski definition) is 0. The van der Waals surface area contributed by atoms with Gasteiger partial charge >= 0.3 is 0 Å². The number of rotatable bonds is 2. The minimum atomic E-state index is 0.294. The van der Waals surface area contributed by atoms with Gasteiger partial charge in [0.05, 0.1) is 10.0 Å². The van der Waals surface area contributed by atoms with E-state index in [0.29, 0.717) is 27.4 Å². The number of nitrogens with zero attached hydrogens (tertiary/aromatic N) is 2. The van der Waals surface area contributed by atoms with Gasteiger partial charge in [-0.25, -0.2) is 4.98 Å². The lowest BCUT2D eigenvalue weighted by molar-refractivity contribution is 0.462. The van der Waals surface area contributed by atoms with E-state index in [1.165, 1.54) is 0 Å². The van der Waals surface area contributed by atoms with Crippen LogP contribution >= 0.6 is 23.2 Å². The van der Waals surface area contributed by atoms with Gasteiger partial charge in [0.25, 0.3) is 0 Å². The minimum Gasteiger partial charge on any atom is -0.439 e. The summed E-state index contributed by atoms with van der Waals surface area (Å²) in [6.07, 6.45) is 0. The van der Waals surface area contributed by atoms with E-state index in [1.807, 2.05) is 6.07 Å². The predicted molar refractivity (Wildman–Crippen MR) is 65.5 cm³/mol. The smallest absolute Gasteiger partial charge is 0.220 e. The van der Waals surface area contributed by atoms with Crippen LogP contribution in [0.2, 0.25) is 10.0 Å². The largest absolute Gasteiger partial charge is 0.439 e. The summed E-state index contributed by atoms with van der Waals surface area (Å²) in [4.78, 5) is 3.98. The SMILES string of the molecule is N#Cc1cccc(Oc2ccc(Cl)c(Cl)c2)n1. The fourth-order valence-corrected chi connectivity index (χ4v) is 1.48. The second-order valence-electron chi connectivity index (χ2n) is 3.15. The Labute approximate surface area is 108 Å². The molecule has 0 radical (unpaired) electrons. The Morgan fingerprint density at radius 2 is 1.94 bits per heavy atom. The maximum Gasteiger partial charge on any atom is 0.220 e. The lowest BCUT2D eigenvalue weighted by atomic mass is 10.3. The molecule has 84 valence electrons. The zero-order valence-corrected chi connectivity index (χ0v) is 10.0. The maximum absolute atomic E-state index is 8.70. The van der Waals surface area contributed by atoms with E-state index < -0.39 is 0 Å². The molecule has 0 spiro atoms. The molecule has 0 saturated carbocycles. The molecule has 2 rings (SSSR count). The number of pyridine rings is 1. The third kappa shape index (κ3) is 2.88. The van der Waals surface area contributed by atoms with E-state index in [1.54, 1.807) is 36.4 Å². The van der Waals surface area contributed by atoms with Crippen LogP contribution < -0.4 is 4.74 Å². The van der Waals surface area contributed by atoms with Gasteiger partial charge in [-0.2, -0.15) is 5.26 Å². The lowest BCUT2D eigenvalue weighted by Crippen LogP contribution is -1.89. The molecule has 0 saturated heterocycles. The van der Waals surface area contributed by atoms with Gasteiger partial charge < -0.3 is 4.74 Å². The quantitative estimate of drug-likeness (QED) is 0.822. The first-order chi connectivity index (χ1) is 8.19. The molecule has 5 heteroatoms. The molecule has 0 N–H and O–H groups in total. The Kier molecular flexibility index (Phi) is 3.48. The number of halogens is 2. The molecule has 0 unspecified atom stereocenters. The molecule has 0 atom stereocenters. The van der Waals surface area contributed by atoms with Gasteiger partial charge in [-0.05, 0) is 18.2 Å². The van der Waals surface area contributed by atoms with Crippen LogP contribution in [0.1, 0.15) is 5.69 Å². The van der Waals surface area contributed by atoms with E-state index in [0.717, 1.165) is 0 Å². The summed E-state index contributed by atoms with van der Waals surface area (Å²) in [6, 6.07) is 11.8. The van der Waals surface area contributed by atoms with E-state index in [-0.39, 0.29) is 0 Å². The zero-order chi connectivity index (χ0) is 12.3. The Balaban J connectivity index is 2.25. The molecule has 1 aromatic heterocycles. The van der Waals surface area contributed by atoms with Gasteiger partial charge in [-0.15, -0.1) is 0 Å². The first kappa shape index (κ1) is 11.7. The summed E-state index contributed by atoms with van der Waals surface area (Å²) < 4.78 is 5.45. The van der Waals surface area contributed by atoms with Crippen molar-refractivity contribution in [3.63, 3.8) is 0 Å². The molecule has 0 aliphatic carbocycles. The normalized spacial score (nSPS) is 9.71. The van der Waals surface area contributed by atoms with Crippen molar-refractivity contribution < 1.29 is 4.74 Å². The van der Waals surface area contributed by atoms with Gasteiger partial charge in [0.15, 0.2) is 0 Å². The molecule has 3 nitrogen and oxygen atoms in total. The zero-order valence-electron chi connectivity index (χ0n) is 8.52. The van der Waals surface area contributed by atoms with Crippen LogP contribution in [0.3, 0.4) is 0 Å².